The van der Waals surface area contributed by atoms with Crippen LogP contribution in [0.3, 0.4) is 0 Å². The summed E-state index contributed by atoms with van der Waals surface area (Å²) in [7, 11) is 0. The topological polar surface area (TPSA) is 91.4 Å². The van der Waals surface area contributed by atoms with Crippen molar-refractivity contribution in [2.24, 2.45) is 0 Å². The molecule has 5 rings (SSSR count). The number of ether oxygens (including phenoxy) is 4. The van der Waals surface area contributed by atoms with Crippen LogP contribution >= 0.6 is 0 Å². The summed E-state index contributed by atoms with van der Waals surface area (Å²) in [5.41, 5.74) is 2.45. The zero-order valence-electron chi connectivity index (χ0n) is 19.5. The molecule has 0 saturated carbocycles. The maximum atomic E-state index is 12.8. The summed E-state index contributed by atoms with van der Waals surface area (Å²) in [5.74, 6) is -4.00. The van der Waals surface area contributed by atoms with E-state index in [9.17, 15) is 14.4 Å². The molecule has 8 heteroatoms. The number of hydrogen-bond donors (Lipinski definition) is 0. The fourth-order valence-electron chi connectivity index (χ4n) is 4.75. The molecular weight excluding hydrogens is 450 g/mol. The van der Waals surface area contributed by atoms with Gasteiger partial charge in [-0.1, -0.05) is 55.5 Å². The number of benzene rings is 2. The SMILES string of the molecule is CC(CN1CCC2(CC1)OCC1(OC(=O)C=CC(=O)O1)O2)c1cccc(C(=O)c2ccccc2)c1. The number of carbonyl (C=O) groups excluding carboxylic acids is 3. The van der Waals surface area contributed by atoms with Crippen molar-refractivity contribution in [3.05, 3.63) is 83.4 Å². The molecule has 0 aromatic heterocycles. The van der Waals surface area contributed by atoms with E-state index in [-0.39, 0.29) is 18.3 Å². The number of likely N-dealkylation sites (tertiary alicyclic amines) is 1. The van der Waals surface area contributed by atoms with E-state index in [1.54, 1.807) is 0 Å². The van der Waals surface area contributed by atoms with Crippen LogP contribution < -0.4 is 0 Å². The summed E-state index contributed by atoms with van der Waals surface area (Å²) in [6, 6.07) is 17.1. The molecule has 0 N–H and O–H groups in total. The van der Waals surface area contributed by atoms with Gasteiger partial charge >= 0.3 is 17.9 Å². The molecule has 2 aromatic rings. The molecule has 0 radical (unpaired) electrons. The second-order valence-corrected chi connectivity index (χ2v) is 9.18. The van der Waals surface area contributed by atoms with Crippen molar-refractivity contribution in [1.29, 1.82) is 0 Å². The lowest BCUT2D eigenvalue weighted by Crippen LogP contribution is -2.49. The predicted octanol–water partition coefficient (Wildman–Crippen LogP) is 3.17. The molecule has 3 aliphatic rings. The molecule has 35 heavy (non-hydrogen) atoms. The summed E-state index contributed by atoms with van der Waals surface area (Å²) in [5, 5.41) is 0. The van der Waals surface area contributed by atoms with Gasteiger partial charge in [0.25, 0.3) is 0 Å². The largest absolute Gasteiger partial charge is 0.403 e. The number of rotatable bonds is 5. The Morgan fingerprint density at radius 3 is 2.29 bits per heavy atom. The van der Waals surface area contributed by atoms with Gasteiger partial charge < -0.3 is 19.1 Å². The molecule has 1 atom stereocenters. The van der Waals surface area contributed by atoms with E-state index in [0.717, 1.165) is 24.3 Å². The van der Waals surface area contributed by atoms with Crippen LogP contribution in [-0.4, -0.2) is 60.6 Å². The number of carbonyl (C=O) groups is 3. The summed E-state index contributed by atoms with van der Waals surface area (Å²) in [6.45, 7) is 4.18. The summed E-state index contributed by atoms with van der Waals surface area (Å²) in [4.78, 5) is 38.8. The van der Waals surface area contributed by atoms with Crippen LogP contribution in [0, 0.1) is 0 Å². The lowest BCUT2D eigenvalue weighted by Gasteiger charge is -2.39. The van der Waals surface area contributed by atoms with Gasteiger partial charge in [-0.15, -0.1) is 0 Å². The highest BCUT2D eigenvalue weighted by Crippen LogP contribution is 2.41. The highest BCUT2D eigenvalue weighted by Gasteiger charge is 2.57. The van der Waals surface area contributed by atoms with Gasteiger partial charge in [-0.25, -0.2) is 9.59 Å². The quantitative estimate of drug-likeness (QED) is 0.479. The van der Waals surface area contributed by atoms with Crippen molar-refractivity contribution < 1.29 is 33.3 Å². The zero-order chi connectivity index (χ0) is 24.5. The van der Waals surface area contributed by atoms with Crippen LogP contribution in [0.1, 0.15) is 47.2 Å². The van der Waals surface area contributed by atoms with Crippen LogP contribution in [0.4, 0.5) is 0 Å². The molecule has 8 nitrogen and oxygen atoms in total. The number of hydrogen-bond acceptors (Lipinski definition) is 8. The fourth-order valence-corrected chi connectivity index (χ4v) is 4.75. The maximum Gasteiger partial charge on any atom is 0.403 e. The van der Waals surface area contributed by atoms with Crippen molar-refractivity contribution >= 4 is 17.7 Å². The molecule has 2 spiro atoms. The first-order chi connectivity index (χ1) is 16.9. The van der Waals surface area contributed by atoms with E-state index >= 15 is 0 Å². The van der Waals surface area contributed by atoms with Crippen LogP contribution in [0.2, 0.25) is 0 Å². The Balaban J connectivity index is 1.19. The minimum absolute atomic E-state index is 0.0131. The van der Waals surface area contributed by atoms with Gasteiger partial charge in [0.2, 0.25) is 0 Å². The Bertz CT molecular complexity index is 1130. The number of nitrogens with zero attached hydrogens (tertiary/aromatic N) is 1. The smallest absolute Gasteiger partial charge is 0.393 e. The summed E-state index contributed by atoms with van der Waals surface area (Å²) >= 11 is 0. The Kier molecular flexibility index (Phi) is 6.27. The minimum atomic E-state index is -1.83. The fraction of sp³-hybridized carbons (Fsp3) is 0.370. The number of piperidine rings is 1. The highest BCUT2D eigenvalue weighted by atomic mass is 17.0. The van der Waals surface area contributed by atoms with Crippen LogP contribution in [0.15, 0.2) is 66.7 Å². The maximum absolute atomic E-state index is 12.8. The number of ketones is 1. The van der Waals surface area contributed by atoms with Crippen LogP contribution in [0.5, 0.6) is 0 Å². The third kappa shape index (κ3) is 5.05. The Morgan fingerprint density at radius 1 is 0.943 bits per heavy atom. The summed E-state index contributed by atoms with van der Waals surface area (Å²) < 4.78 is 22.3. The van der Waals surface area contributed by atoms with Crippen molar-refractivity contribution in [3.8, 4) is 0 Å². The molecule has 2 aromatic carbocycles. The van der Waals surface area contributed by atoms with Gasteiger partial charge in [-0.3, -0.25) is 9.53 Å². The third-order valence-electron chi connectivity index (χ3n) is 6.62. The molecule has 2 fully saturated rings. The lowest BCUT2D eigenvalue weighted by molar-refractivity contribution is -0.349. The van der Waals surface area contributed by atoms with Gasteiger partial charge in [-0.2, -0.15) is 0 Å². The molecule has 1 unspecified atom stereocenters. The second-order valence-electron chi connectivity index (χ2n) is 9.18. The highest BCUT2D eigenvalue weighted by molar-refractivity contribution is 6.09. The molecule has 0 amide bonds. The first kappa shape index (κ1) is 23.4. The monoisotopic (exact) mass is 477 g/mol. The summed E-state index contributed by atoms with van der Waals surface area (Å²) in [6.07, 6.45) is 3.10. The van der Waals surface area contributed by atoms with Crippen LogP contribution in [0.25, 0.3) is 0 Å². The van der Waals surface area contributed by atoms with Gasteiger partial charge in [0, 0.05) is 55.8 Å². The molecule has 182 valence electrons. The average Bonchev–Trinajstić information content (AvgIpc) is 3.13. The molecule has 0 bridgehead atoms. The minimum Gasteiger partial charge on any atom is -0.393 e. The van der Waals surface area contributed by atoms with Gasteiger partial charge in [-0.05, 0) is 17.5 Å². The van der Waals surface area contributed by atoms with Crippen molar-refractivity contribution in [3.63, 3.8) is 0 Å². The average molecular weight is 478 g/mol. The van der Waals surface area contributed by atoms with E-state index in [4.69, 9.17) is 18.9 Å². The molecule has 3 heterocycles. The van der Waals surface area contributed by atoms with E-state index in [0.29, 0.717) is 37.1 Å². The third-order valence-corrected chi connectivity index (χ3v) is 6.62. The van der Waals surface area contributed by atoms with Crippen molar-refractivity contribution in [1.82, 2.24) is 4.90 Å². The van der Waals surface area contributed by atoms with E-state index in [2.05, 4.69) is 11.8 Å². The Hall–Kier alpha value is -3.33. The van der Waals surface area contributed by atoms with Crippen molar-refractivity contribution in [2.75, 3.05) is 26.2 Å². The molecule has 3 aliphatic heterocycles. The molecular formula is C27H27NO7. The Morgan fingerprint density at radius 2 is 1.60 bits per heavy atom. The predicted molar refractivity (Wildman–Crippen MR) is 124 cm³/mol. The second kappa shape index (κ2) is 9.37. The van der Waals surface area contributed by atoms with Gasteiger partial charge in [0.05, 0.1) is 0 Å². The molecule has 0 aliphatic carbocycles. The van der Waals surface area contributed by atoms with Gasteiger partial charge in [0.1, 0.15) is 0 Å². The lowest BCUT2D eigenvalue weighted by atomic mass is 9.94. The van der Waals surface area contributed by atoms with Crippen LogP contribution in [-0.2, 0) is 28.5 Å². The molecule has 2 saturated heterocycles. The number of esters is 2. The first-order valence-electron chi connectivity index (χ1n) is 11.8. The zero-order valence-corrected chi connectivity index (χ0v) is 19.5. The van der Waals surface area contributed by atoms with Crippen molar-refractivity contribution in [2.45, 2.75) is 37.4 Å². The van der Waals surface area contributed by atoms with Gasteiger partial charge in [0.15, 0.2) is 18.2 Å². The standard InChI is InChI=1S/C27H27NO7/c1-19(21-8-5-9-22(16-21)25(31)20-6-3-2-4-7-20)17-28-14-12-26(13-15-28)32-18-27(35-26)33-23(29)10-11-24(30)34-27/h2-11,16,19H,12-15,17-18H2,1H3. The Labute approximate surface area is 203 Å². The normalized spacial score (nSPS) is 22.0. The van der Waals surface area contributed by atoms with E-state index in [1.807, 2.05) is 54.6 Å². The van der Waals surface area contributed by atoms with E-state index in [1.165, 1.54) is 0 Å². The first-order valence-corrected chi connectivity index (χ1v) is 11.8. The van der Waals surface area contributed by atoms with E-state index < -0.39 is 23.7 Å².